The van der Waals surface area contributed by atoms with E-state index in [9.17, 15) is 5.11 Å². The highest BCUT2D eigenvalue weighted by molar-refractivity contribution is 5.17. The van der Waals surface area contributed by atoms with Gasteiger partial charge in [0.05, 0.1) is 18.8 Å². The van der Waals surface area contributed by atoms with Gasteiger partial charge in [-0.25, -0.2) is 0 Å². The van der Waals surface area contributed by atoms with Gasteiger partial charge >= 0.3 is 0 Å². The maximum absolute atomic E-state index is 10.5. The second-order valence-corrected chi connectivity index (χ2v) is 7.38. The molecule has 1 aliphatic heterocycles. The number of fused-ring (bicyclic) bond motifs is 1. The number of hydrogen-bond donors (Lipinski definition) is 1. The van der Waals surface area contributed by atoms with Crippen molar-refractivity contribution in [2.45, 2.75) is 52.1 Å². The summed E-state index contributed by atoms with van der Waals surface area (Å²) in [6, 6.07) is 9.96. The van der Waals surface area contributed by atoms with Crippen LogP contribution in [-0.2, 0) is 9.47 Å². The first-order valence-electron chi connectivity index (χ1n) is 7.40. The van der Waals surface area contributed by atoms with E-state index in [0.717, 1.165) is 18.4 Å². The smallest absolute Gasteiger partial charge is 0.184 e. The number of hydrogen-bond acceptors (Lipinski definition) is 3. The number of aliphatic hydroxyl groups is 1. The highest BCUT2D eigenvalue weighted by Gasteiger charge is 2.52. The minimum Gasteiger partial charge on any atom is -0.390 e. The molecule has 1 N–H and O–H groups in total. The Kier molecular flexibility index (Phi) is 3.39. The molecule has 3 rings (SSSR count). The van der Waals surface area contributed by atoms with Crippen molar-refractivity contribution in [1.82, 2.24) is 0 Å². The predicted octanol–water partition coefficient (Wildman–Crippen LogP) is 3.29. The van der Waals surface area contributed by atoms with E-state index in [1.54, 1.807) is 0 Å². The minimum atomic E-state index is -0.418. The molecule has 4 unspecified atom stereocenters. The van der Waals surface area contributed by atoms with Gasteiger partial charge in [-0.15, -0.1) is 0 Å². The van der Waals surface area contributed by atoms with Crippen molar-refractivity contribution in [3.05, 3.63) is 35.9 Å². The van der Waals surface area contributed by atoms with Crippen molar-refractivity contribution in [3.63, 3.8) is 0 Å². The van der Waals surface area contributed by atoms with Crippen LogP contribution in [0.4, 0.5) is 0 Å². The van der Waals surface area contributed by atoms with E-state index in [2.05, 4.69) is 20.8 Å². The lowest BCUT2D eigenvalue weighted by Gasteiger charge is -2.53. The zero-order chi connectivity index (χ0) is 14.4. The lowest BCUT2D eigenvalue weighted by Crippen LogP contribution is -2.57. The largest absolute Gasteiger partial charge is 0.390 e. The SMILES string of the molecule is CC1(C)CC(O)C2OC(c3ccccc3)OCC2(C)C1. The number of aliphatic hydroxyl groups excluding tert-OH is 1. The van der Waals surface area contributed by atoms with Crippen molar-refractivity contribution in [3.8, 4) is 0 Å². The van der Waals surface area contributed by atoms with Gasteiger partial charge in [0.15, 0.2) is 6.29 Å². The van der Waals surface area contributed by atoms with Crippen LogP contribution in [0, 0.1) is 10.8 Å². The van der Waals surface area contributed by atoms with Crippen LogP contribution in [0.5, 0.6) is 0 Å². The van der Waals surface area contributed by atoms with Crippen LogP contribution in [0.3, 0.4) is 0 Å². The number of benzene rings is 1. The van der Waals surface area contributed by atoms with Crippen LogP contribution >= 0.6 is 0 Å². The van der Waals surface area contributed by atoms with Gasteiger partial charge in [0, 0.05) is 11.0 Å². The molecule has 0 spiro atoms. The topological polar surface area (TPSA) is 38.7 Å². The van der Waals surface area contributed by atoms with Crippen molar-refractivity contribution < 1.29 is 14.6 Å². The van der Waals surface area contributed by atoms with Gasteiger partial charge in [-0.05, 0) is 18.3 Å². The molecule has 0 amide bonds. The van der Waals surface area contributed by atoms with E-state index < -0.39 is 6.10 Å². The second-order valence-electron chi connectivity index (χ2n) is 7.38. The Morgan fingerprint density at radius 1 is 1.15 bits per heavy atom. The quantitative estimate of drug-likeness (QED) is 0.855. The van der Waals surface area contributed by atoms with E-state index >= 15 is 0 Å². The van der Waals surface area contributed by atoms with Gasteiger partial charge < -0.3 is 14.6 Å². The average molecular weight is 276 g/mol. The molecule has 0 aromatic heterocycles. The van der Waals surface area contributed by atoms with Gasteiger partial charge in [-0.3, -0.25) is 0 Å². The van der Waals surface area contributed by atoms with Crippen LogP contribution in [0.1, 0.15) is 45.5 Å². The molecular formula is C17H24O3. The zero-order valence-electron chi connectivity index (χ0n) is 12.5. The first-order valence-corrected chi connectivity index (χ1v) is 7.40. The lowest BCUT2D eigenvalue weighted by molar-refractivity contribution is -0.307. The number of ether oxygens (including phenoxy) is 2. The molecule has 3 nitrogen and oxygen atoms in total. The van der Waals surface area contributed by atoms with E-state index in [1.807, 2.05) is 30.3 Å². The summed E-state index contributed by atoms with van der Waals surface area (Å²) in [4.78, 5) is 0. The van der Waals surface area contributed by atoms with Crippen LogP contribution < -0.4 is 0 Å². The molecule has 1 aromatic rings. The van der Waals surface area contributed by atoms with E-state index in [1.165, 1.54) is 0 Å². The molecule has 1 aliphatic carbocycles. The standard InChI is InChI=1S/C17H24O3/c1-16(2)9-13(18)14-17(3,10-16)11-19-15(20-14)12-7-5-4-6-8-12/h4-8,13-15,18H,9-11H2,1-3H3. The predicted molar refractivity (Wildman–Crippen MR) is 77.1 cm³/mol. The third kappa shape index (κ3) is 2.50. The Bertz CT molecular complexity index is 470. The minimum absolute atomic E-state index is 0.105. The normalized spacial score (nSPS) is 40.1. The van der Waals surface area contributed by atoms with E-state index in [4.69, 9.17) is 9.47 Å². The molecule has 2 aliphatic rings. The summed E-state index contributed by atoms with van der Waals surface area (Å²) in [6.07, 6.45) is 0.886. The fraction of sp³-hybridized carbons (Fsp3) is 0.647. The summed E-state index contributed by atoms with van der Waals surface area (Å²) in [7, 11) is 0. The van der Waals surface area contributed by atoms with Gasteiger partial charge in [0.25, 0.3) is 0 Å². The maximum atomic E-state index is 10.5. The monoisotopic (exact) mass is 276 g/mol. The molecule has 2 fully saturated rings. The van der Waals surface area contributed by atoms with Crippen LogP contribution in [0.15, 0.2) is 30.3 Å². The lowest BCUT2D eigenvalue weighted by atomic mass is 9.61. The van der Waals surface area contributed by atoms with E-state index in [-0.39, 0.29) is 23.2 Å². The summed E-state index contributed by atoms with van der Waals surface area (Å²) in [6.45, 7) is 7.22. The summed E-state index contributed by atoms with van der Waals surface area (Å²) in [5, 5.41) is 10.5. The molecule has 110 valence electrons. The van der Waals surface area contributed by atoms with Gasteiger partial charge in [0.1, 0.15) is 0 Å². The fourth-order valence-corrected chi connectivity index (χ4v) is 4.02. The van der Waals surface area contributed by atoms with Crippen LogP contribution in [0.2, 0.25) is 0 Å². The van der Waals surface area contributed by atoms with Crippen molar-refractivity contribution in [1.29, 1.82) is 0 Å². The zero-order valence-corrected chi connectivity index (χ0v) is 12.5. The molecule has 1 heterocycles. The van der Waals surface area contributed by atoms with Crippen molar-refractivity contribution in [2.24, 2.45) is 10.8 Å². The highest BCUT2D eigenvalue weighted by atomic mass is 16.7. The average Bonchev–Trinajstić information content (AvgIpc) is 2.37. The molecule has 1 aromatic carbocycles. The molecule has 0 bridgehead atoms. The third-order valence-electron chi connectivity index (χ3n) is 4.59. The highest BCUT2D eigenvalue weighted by Crippen LogP contribution is 2.51. The molecule has 20 heavy (non-hydrogen) atoms. The Hall–Kier alpha value is -0.900. The Morgan fingerprint density at radius 3 is 2.55 bits per heavy atom. The summed E-state index contributed by atoms with van der Waals surface area (Å²) >= 11 is 0. The first kappa shape index (κ1) is 14.1. The van der Waals surface area contributed by atoms with Crippen molar-refractivity contribution >= 4 is 0 Å². The molecular weight excluding hydrogens is 252 g/mol. The summed E-state index contributed by atoms with van der Waals surface area (Å²) < 4.78 is 12.1. The van der Waals surface area contributed by atoms with Crippen LogP contribution in [0.25, 0.3) is 0 Å². The van der Waals surface area contributed by atoms with Crippen LogP contribution in [-0.4, -0.2) is 23.9 Å². The molecule has 3 heteroatoms. The van der Waals surface area contributed by atoms with Gasteiger partial charge in [-0.1, -0.05) is 51.1 Å². The second kappa shape index (κ2) is 4.83. The maximum Gasteiger partial charge on any atom is 0.184 e. The Morgan fingerprint density at radius 2 is 1.85 bits per heavy atom. The Balaban J connectivity index is 1.81. The fourth-order valence-electron chi connectivity index (χ4n) is 4.02. The molecule has 4 atom stereocenters. The first-order chi connectivity index (χ1) is 9.40. The number of rotatable bonds is 1. The molecule has 1 saturated carbocycles. The summed E-state index contributed by atoms with van der Waals surface area (Å²) in [5.41, 5.74) is 1.05. The molecule has 1 saturated heterocycles. The third-order valence-corrected chi connectivity index (χ3v) is 4.59. The summed E-state index contributed by atoms with van der Waals surface area (Å²) in [5.74, 6) is 0. The van der Waals surface area contributed by atoms with Gasteiger partial charge in [-0.2, -0.15) is 0 Å². The van der Waals surface area contributed by atoms with E-state index in [0.29, 0.717) is 6.61 Å². The van der Waals surface area contributed by atoms with Crippen molar-refractivity contribution in [2.75, 3.05) is 6.61 Å². The van der Waals surface area contributed by atoms with Gasteiger partial charge in [0.2, 0.25) is 0 Å². The molecule has 0 radical (unpaired) electrons. The Labute approximate surface area is 120 Å².